The molecule has 112 valence electrons. The molecule has 1 heterocycles. The number of hydrogen-bond acceptors (Lipinski definition) is 3. The van der Waals surface area contributed by atoms with Crippen molar-refractivity contribution in [3.8, 4) is 17.0 Å². The molecule has 21 heavy (non-hydrogen) atoms. The summed E-state index contributed by atoms with van der Waals surface area (Å²) in [6, 6.07) is 11.6. The van der Waals surface area contributed by atoms with Gasteiger partial charge in [0, 0.05) is 13.7 Å². The first-order valence-corrected chi connectivity index (χ1v) is 7.86. The van der Waals surface area contributed by atoms with Crippen molar-refractivity contribution in [3.05, 3.63) is 50.3 Å². The van der Waals surface area contributed by atoms with Gasteiger partial charge in [-0.1, -0.05) is 0 Å². The number of ether oxygens (including phenoxy) is 2. The third-order valence-electron chi connectivity index (χ3n) is 3.15. The van der Waals surface area contributed by atoms with E-state index in [1.165, 1.54) is 0 Å². The maximum atomic E-state index is 12.2. The Morgan fingerprint density at radius 1 is 1.10 bits per heavy atom. The summed E-state index contributed by atoms with van der Waals surface area (Å²) in [5, 5.41) is 0. The molecule has 1 aromatic carbocycles. The summed E-state index contributed by atoms with van der Waals surface area (Å²) < 4.78 is 13.0. The molecule has 1 aromatic heterocycles. The molecule has 0 fully saturated rings. The van der Waals surface area contributed by atoms with E-state index in [0.717, 1.165) is 20.6 Å². The van der Waals surface area contributed by atoms with Crippen LogP contribution in [0.2, 0.25) is 0 Å². The SMILES string of the molecule is CCn1c(-c2ccc(OCCOC)cc2)ccc(I)c1=O. The highest BCUT2D eigenvalue weighted by Gasteiger charge is 2.08. The number of methoxy groups -OCH3 is 1. The molecule has 4 nitrogen and oxygen atoms in total. The van der Waals surface area contributed by atoms with Crippen LogP contribution in [0.5, 0.6) is 5.75 Å². The van der Waals surface area contributed by atoms with Crippen LogP contribution >= 0.6 is 22.6 Å². The number of hydrogen-bond donors (Lipinski definition) is 0. The predicted molar refractivity (Wildman–Crippen MR) is 91.9 cm³/mol. The molecule has 2 rings (SSSR count). The van der Waals surface area contributed by atoms with Crippen LogP contribution in [-0.4, -0.2) is 24.9 Å². The minimum absolute atomic E-state index is 0.0519. The Hall–Kier alpha value is -1.34. The van der Waals surface area contributed by atoms with Crippen molar-refractivity contribution >= 4 is 22.6 Å². The van der Waals surface area contributed by atoms with E-state index in [1.54, 1.807) is 11.7 Å². The molecule has 0 N–H and O–H groups in total. The second-order valence-corrected chi connectivity index (χ2v) is 5.64. The molecule has 2 aromatic rings. The molecule has 0 saturated carbocycles. The van der Waals surface area contributed by atoms with Crippen molar-refractivity contribution in [1.29, 1.82) is 0 Å². The maximum Gasteiger partial charge on any atom is 0.264 e. The van der Waals surface area contributed by atoms with Gasteiger partial charge in [0.25, 0.3) is 5.56 Å². The van der Waals surface area contributed by atoms with Gasteiger partial charge in [0.2, 0.25) is 0 Å². The van der Waals surface area contributed by atoms with Gasteiger partial charge in [-0.15, -0.1) is 0 Å². The van der Waals surface area contributed by atoms with E-state index >= 15 is 0 Å². The molecular weight excluding hydrogens is 381 g/mol. The van der Waals surface area contributed by atoms with Gasteiger partial charge >= 0.3 is 0 Å². The average Bonchev–Trinajstić information content (AvgIpc) is 2.51. The molecule has 0 amide bonds. The van der Waals surface area contributed by atoms with Crippen LogP contribution in [0.15, 0.2) is 41.2 Å². The van der Waals surface area contributed by atoms with Crippen LogP contribution in [0.4, 0.5) is 0 Å². The zero-order chi connectivity index (χ0) is 15.2. The summed E-state index contributed by atoms with van der Waals surface area (Å²) >= 11 is 2.07. The number of rotatable bonds is 6. The third kappa shape index (κ3) is 3.85. The molecular formula is C16H18INO3. The fraction of sp³-hybridized carbons (Fsp3) is 0.312. The number of nitrogens with zero attached hydrogens (tertiary/aromatic N) is 1. The second kappa shape index (κ2) is 7.61. The number of benzene rings is 1. The molecule has 0 atom stereocenters. The Bertz CT molecular complexity index is 650. The third-order valence-corrected chi connectivity index (χ3v) is 3.97. The molecule has 5 heteroatoms. The summed E-state index contributed by atoms with van der Waals surface area (Å²) in [4.78, 5) is 12.2. The van der Waals surface area contributed by atoms with Crippen LogP contribution in [-0.2, 0) is 11.3 Å². The number of aromatic nitrogens is 1. The van der Waals surface area contributed by atoms with Gasteiger partial charge in [0.15, 0.2) is 0 Å². The highest BCUT2D eigenvalue weighted by Crippen LogP contribution is 2.22. The van der Waals surface area contributed by atoms with E-state index in [4.69, 9.17) is 9.47 Å². The van der Waals surface area contributed by atoms with Crippen molar-refractivity contribution < 1.29 is 9.47 Å². The van der Waals surface area contributed by atoms with Gasteiger partial charge in [-0.05, 0) is 71.5 Å². The zero-order valence-electron chi connectivity index (χ0n) is 12.1. The highest BCUT2D eigenvalue weighted by atomic mass is 127. The van der Waals surface area contributed by atoms with Gasteiger partial charge < -0.3 is 14.0 Å². The van der Waals surface area contributed by atoms with Crippen LogP contribution < -0.4 is 10.3 Å². The lowest BCUT2D eigenvalue weighted by Gasteiger charge is -2.12. The van der Waals surface area contributed by atoms with Crippen LogP contribution in [0, 0.1) is 3.57 Å². The van der Waals surface area contributed by atoms with Crippen molar-refractivity contribution in [2.75, 3.05) is 20.3 Å². The Morgan fingerprint density at radius 3 is 2.43 bits per heavy atom. The second-order valence-electron chi connectivity index (χ2n) is 4.48. The minimum atomic E-state index is 0.0519. The van der Waals surface area contributed by atoms with Gasteiger partial charge in [-0.25, -0.2) is 0 Å². The van der Waals surface area contributed by atoms with E-state index in [-0.39, 0.29) is 5.56 Å². The van der Waals surface area contributed by atoms with E-state index in [9.17, 15) is 4.79 Å². The fourth-order valence-electron chi connectivity index (χ4n) is 2.08. The summed E-state index contributed by atoms with van der Waals surface area (Å²) in [6.07, 6.45) is 0. The number of pyridine rings is 1. The van der Waals surface area contributed by atoms with Gasteiger partial charge in [0.05, 0.1) is 15.9 Å². The minimum Gasteiger partial charge on any atom is -0.491 e. The molecule has 0 aliphatic carbocycles. The first-order valence-electron chi connectivity index (χ1n) is 6.79. The predicted octanol–water partition coefficient (Wildman–Crippen LogP) is 3.17. The average molecular weight is 399 g/mol. The van der Waals surface area contributed by atoms with Crippen molar-refractivity contribution in [2.45, 2.75) is 13.5 Å². The van der Waals surface area contributed by atoms with E-state index < -0.39 is 0 Å². The molecule has 0 aliphatic rings. The van der Waals surface area contributed by atoms with Crippen LogP contribution in [0.25, 0.3) is 11.3 Å². The smallest absolute Gasteiger partial charge is 0.264 e. The van der Waals surface area contributed by atoms with Crippen LogP contribution in [0.3, 0.4) is 0 Å². The molecule has 0 spiro atoms. The van der Waals surface area contributed by atoms with Gasteiger partial charge in [0.1, 0.15) is 12.4 Å². The van der Waals surface area contributed by atoms with Crippen molar-refractivity contribution in [1.82, 2.24) is 4.57 Å². The molecule has 0 aliphatic heterocycles. The largest absolute Gasteiger partial charge is 0.491 e. The monoisotopic (exact) mass is 399 g/mol. The Morgan fingerprint density at radius 2 is 1.81 bits per heavy atom. The molecule has 0 radical (unpaired) electrons. The summed E-state index contributed by atoms with van der Waals surface area (Å²) in [5.74, 6) is 0.798. The van der Waals surface area contributed by atoms with Gasteiger partial charge in [-0.2, -0.15) is 0 Å². The lowest BCUT2D eigenvalue weighted by Crippen LogP contribution is -2.22. The van der Waals surface area contributed by atoms with Crippen molar-refractivity contribution in [3.63, 3.8) is 0 Å². The quantitative estimate of drug-likeness (QED) is 0.554. The van der Waals surface area contributed by atoms with Gasteiger partial charge in [-0.3, -0.25) is 4.79 Å². The van der Waals surface area contributed by atoms with Crippen LogP contribution in [0.1, 0.15) is 6.92 Å². The van der Waals surface area contributed by atoms with E-state index in [1.807, 2.05) is 43.3 Å². The lowest BCUT2D eigenvalue weighted by atomic mass is 10.1. The first-order chi connectivity index (χ1) is 10.2. The fourth-order valence-corrected chi connectivity index (χ4v) is 2.55. The Balaban J connectivity index is 2.27. The normalized spacial score (nSPS) is 10.6. The first kappa shape index (κ1) is 16.0. The lowest BCUT2D eigenvalue weighted by molar-refractivity contribution is 0.146. The standard InChI is InChI=1S/C16H18INO3/c1-3-18-15(9-8-14(17)16(18)19)12-4-6-13(7-5-12)21-11-10-20-2/h4-9H,3,10-11H2,1-2H3. The summed E-state index contributed by atoms with van der Waals surface area (Å²) in [5.41, 5.74) is 1.98. The summed E-state index contributed by atoms with van der Waals surface area (Å²) in [6.45, 7) is 3.72. The van der Waals surface area contributed by atoms with E-state index in [2.05, 4.69) is 22.6 Å². The van der Waals surface area contributed by atoms with Crippen molar-refractivity contribution in [2.24, 2.45) is 0 Å². The highest BCUT2D eigenvalue weighted by molar-refractivity contribution is 14.1. The van der Waals surface area contributed by atoms with E-state index in [0.29, 0.717) is 19.8 Å². The molecule has 0 bridgehead atoms. The summed E-state index contributed by atoms with van der Waals surface area (Å²) in [7, 11) is 1.65. The topological polar surface area (TPSA) is 40.5 Å². The Labute approximate surface area is 137 Å². The maximum absolute atomic E-state index is 12.2. The molecule has 0 saturated heterocycles. The Kier molecular flexibility index (Phi) is 5.81. The zero-order valence-corrected chi connectivity index (χ0v) is 14.3. The number of halogens is 1. The molecule has 0 unspecified atom stereocenters.